The van der Waals surface area contributed by atoms with Crippen LogP contribution < -0.4 is 11.0 Å². The summed E-state index contributed by atoms with van der Waals surface area (Å²) in [5.41, 5.74) is 2.18. The van der Waals surface area contributed by atoms with Crippen molar-refractivity contribution in [2.45, 2.75) is 13.1 Å². The maximum Gasteiger partial charge on any atom is 0.328 e. The number of imidazole rings is 1. The van der Waals surface area contributed by atoms with Crippen LogP contribution in [0.5, 0.6) is 0 Å². The van der Waals surface area contributed by atoms with Crippen LogP contribution in [0.15, 0.2) is 65.6 Å². The number of hydrogen-bond acceptors (Lipinski definition) is 4. The van der Waals surface area contributed by atoms with Crippen LogP contribution in [0.3, 0.4) is 0 Å². The summed E-state index contributed by atoms with van der Waals surface area (Å²) in [6.45, 7) is 0.254. The summed E-state index contributed by atoms with van der Waals surface area (Å²) in [5.74, 6) is 0.167. The fourth-order valence-electron chi connectivity index (χ4n) is 2.83. The Hall–Kier alpha value is -3.45. The van der Waals surface area contributed by atoms with Crippen molar-refractivity contribution >= 4 is 28.7 Å². The summed E-state index contributed by atoms with van der Waals surface area (Å²) >= 11 is 5.92. The molecule has 4 rings (SSSR count). The molecule has 0 aliphatic heterocycles. The first-order valence-corrected chi connectivity index (χ1v) is 9.00. The SMILES string of the molecule is O=C(Cn1c(=O)[nH]c2cnc(-c3ccc(Cl)cc3)nc21)NCc1ccccc1. The van der Waals surface area contributed by atoms with Gasteiger partial charge in [-0.15, -0.1) is 0 Å². The molecule has 0 spiro atoms. The first-order valence-electron chi connectivity index (χ1n) is 8.62. The van der Waals surface area contributed by atoms with Gasteiger partial charge in [-0.1, -0.05) is 41.9 Å². The Kier molecular flexibility index (Phi) is 4.90. The van der Waals surface area contributed by atoms with Gasteiger partial charge in [0.05, 0.1) is 6.20 Å². The van der Waals surface area contributed by atoms with E-state index in [1.54, 1.807) is 24.3 Å². The van der Waals surface area contributed by atoms with Crippen LogP contribution in [0.4, 0.5) is 0 Å². The lowest BCUT2D eigenvalue weighted by atomic mass is 10.2. The molecule has 2 heterocycles. The highest BCUT2D eigenvalue weighted by molar-refractivity contribution is 6.30. The van der Waals surface area contributed by atoms with E-state index < -0.39 is 5.69 Å². The summed E-state index contributed by atoms with van der Waals surface area (Å²) in [5, 5.41) is 3.42. The highest BCUT2D eigenvalue weighted by Crippen LogP contribution is 2.19. The van der Waals surface area contributed by atoms with Gasteiger partial charge in [-0.25, -0.2) is 14.8 Å². The van der Waals surface area contributed by atoms with Gasteiger partial charge >= 0.3 is 5.69 Å². The number of rotatable bonds is 5. The van der Waals surface area contributed by atoms with E-state index in [2.05, 4.69) is 20.3 Å². The molecule has 2 aromatic heterocycles. The highest BCUT2D eigenvalue weighted by Gasteiger charge is 2.14. The van der Waals surface area contributed by atoms with Crippen molar-refractivity contribution in [3.63, 3.8) is 0 Å². The molecule has 0 saturated carbocycles. The number of amides is 1. The van der Waals surface area contributed by atoms with E-state index in [9.17, 15) is 9.59 Å². The number of halogens is 1. The zero-order chi connectivity index (χ0) is 19.5. The summed E-state index contributed by atoms with van der Waals surface area (Å²) in [4.78, 5) is 36.0. The molecule has 28 heavy (non-hydrogen) atoms. The number of hydrogen-bond donors (Lipinski definition) is 2. The lowest BCUT2D eigenvalue weighted by Gasteiger charge is -2.06. The van der Waals surface area contributed by atoms with Gasteiger partial charge in [0.25, 0.3) is 0 Å². The molecule has 0 atom stereocenters. The van der Waals surface area contributed by atoms with Gasteiger partial charge in [-0.3, -0.25) is 9.36 Å². The zero-order valence-corrected chi connectivity index (χ0v) is 15.5. The van der Waals surface area contributed by atoms with Crippen molar-refractivity contribution in [3.05, 3.63) is 81.9 Å². The number of aromatic amines is 1. The lowest BCUT2D eigenvalue weighted by Crippen LogP contribution is -2.31. The minimum atomic E-state index is -0.410. The van der Waals surface area contributed by atoms with E-state index in [0.717, 1.165) is 11.1 Å². The zero-order valence-electron chi connectivity index (χ0n) is 14.7. The van der Waals surface area contributed by atoms with Crippen LogP contribution in [-0.2, 0) is 17.9 Å². The fraction of sp³-hybridized carbons (Fsp3) is 0.100. The minimum Gasteiger partial charge on any atom is -0.350 e. The number of fused-ring (bicyclic) bond motifs is 1. The van der Waals surface area contributed by atoms with Gasteiger partial charge in [-0.2, -0.15) is 0 Å². The number of carbonyl (C=O) groups excluding carboxylic acids is 1. The smallest absolute Gasteiger partial charge is 0.328 e. The van der Waals surface area contributed by atoms with E-state index >= 15 is 0 Å². The van der Waals surface area contributed by atoms with Crippen LogP contribution in [0.2, 0.25) is 5.02 Å². The van der Waals surface area contributed by atoms with E-state index in [0.29, 0.717) is 28.6 Å². The second-order valence-electron chi connectivity index (χ2n) is 6.22. The second kappa shape index (κ2) is 7.66. The normalized spacial score (nSPS) is 10.9. The molecule has 0 fully saturated rings. The van der Waals surface area contributed by atoms with Crippen LogP contribution >= 0.6 is 11.6 Å². The molecule has 7 nitrogen and oxygen atoms in total. The Morgan fingerprint density at radius 1 is 1.11 bits per heavy atom. The maximum atomic E-state index is 12.3. The van der Waals surface area contributed by atoms with Gasteiger partial charge in [0.15, 0.2) is 11.5 Å². The maximum absolute atomic E-state index is 12.3. The van der Waals surface area contributed by atoms with Crippen LogP contribution in [0, 0.1) is 0 Å². The third-order valence-electron chi connectivity index (χ3n) is 4.25. The molecule has 0 bridgehead atoms. The molecule has 4 aromatic rings. The largest absolute Gasteiger partial charge is 0.350 e. The topological polar surface area (TPSA) is 92.7 Å². The van der Waals surface area contributed by atoms with Crippen molar-refractivity contribution in [2.24, 2.45) is 0 Å². The number of nitrogens with zero attached hydrogens (tertiary/aromatic N) is 3. The quantitative estimate of drug-likeness (QED) is 0.545. The Labute approximate surface area is 165 Å². The van der Waals surface area contributed by atoms with Gasteiger partial charge in [0.1, 0.15) is 12.1 Å². The number of nitrogens with one attached hydrogen (secondary N) is 2. The van der Waals surface area contributed by atoms with Crippen molar-refractivity contribution in [1.82, 2.24) is 24.8 Å². The Balaban J connectivity index is 1.58. The van der Waals surface area contributed by atoms with E-state index in [4.69, 9.17) is 11.6 Å². The van der Waals surface area contributed by atoms with Crippen molar-refractivity contribution in [2.75, 3.05) is 0 Å². The average Bonchev–Trinajstić information content (AvgIpc) is 3.02. The third kappa shape index (κ3) is 3.79. The minimum absolute atomic E-state index is 0.136. The van der Waals surface area contributed by atoms with E-state index in [1.165, 1.54) is 10.8 Å². The number of H-pyrrole nitrogens is 1. The fourth-order valence-corrected chi connectivity index (χ4v) is 2.95. The Morgan fingerprint density at radius 2 is 1.86 bits per heavy atom. The standard InChI is InChI=1S/C20H16ClN5O2/c21-15-8-6-14(7-9-15)18-23-11-16-19(25-18)26(20(28)24-16)12-17(27)22-10-13-4-2-1-3-5-13/h1-9,11H,10,12H2,(H,22,27)(H,24,28). The number of benzene rings is 2. The predicted molar refractivity (Wildman–Crippen MR) is 107 cm³/mol. The molecule has 2 aromatic carbocycles. The first-order chi connectivity index (χ1) is 13.6. The summed E-state index contributed by atoms with van der Waals surface area (Å²) < 4.78 is 1.30. The molecular weight excluding hydrogens is 378 g/mol. The molecule has 0 unspecified atom stereocenters. The molecule has 140 valence electrons. The van der Waals surface area contributed by atoms with Crippen LogP contribution in [-0.4, -0.2) is 25.4 Å². The second-order valence-corrected chi connectivity index (χ2v) is 6.65. The monoisotopic (exact) mass is 393 g/mol. The molecular formula is C20H16ClN5O2. The summed E-state index contributed by atoms with van der Waals surface area (Å²) in [7, 11) is 0. The van der Waals surface area contributed by atoms with E-state index in [1.807, 2.05) is 30.3 Å². The van der Waals surface area contributed by atoms with Gasteiger partial charge in [0.2, 0.25) is 5.91 Å². The highest BCUT2D eigenvalue weighted by atomic mass is 35.5. The Bertz CT molecular complexity index is 1180. The van der Waals surface area contributed by atoms with Crippen LogP contribution in [0.25, 0.3) is 22.6 Å². The van der Waals surface area contributed by atoms with Crippen molar-refractivity contribution < 1.29 is 4.79 Å². The van der Waals surface area contributed by atoms with Crippen LogP contribution in [0.1, 0.15) is 5.56 Å². The average molecular weight is 394 g/mol. The van der Waals surface area contributed by atoms with Gasteiger partial charge < -0.3 is 10.3 Å². The summed E-state index contributed by atoms with van der Waals surface area (Å²) in [6.07, 6.45) is 1.53. The van der Waals surface area contributed by atoms with E-state index in [-0.39, 0.29) is 12.5 Å². The van der Waals surface area contributed by atoms with Crippen molar-refractivity contribution in [3.8, 4) is 11.4 Å². The molecule has 1 amide bonds. The van der Waals surface area contributed by atoms with Gasteiger partial charge in [0, 0.05) is 17.1 Å². The molecule has 2 N–H and O–H groups in total. The lowest BCUT2D eigenvalue weighted by molar-refractivity contribution is -0.121. The number of aromatic nitrogens is 4. The predicted octanol–water partition coefficient (Wildman–Crippen LogP) is 2.76. The number of carbonyl (C=O) groups is 1. The van der Waals surface area contributed by atoms with Gasteiger partial charge in [-0.05, 0) is 29.8 Å². The molecule has 0 radical (unpaired) electrons. The Morgan fingerprint density at radius 3 is 2.61 bits per heavy atom. The summed E-state index contributed by atoms with van der Waals surface area (Å²) in [6, 6.07) is 16.6. The molecule has 0 aliphatic carbocycles. The van der Waals surface area contributed by atoms with Crippen molar-refractivity contribution in [1.29, 1.82) is 0 Å². The molecule has 0 aliphatic rings. The molecule has 0 saturated heterocycles. The molecule has 8 heteroatoms. The first kappa shape index (κ1) is 17.9. The third-order valence-corrected chi connectivity index (χ3v) is 4.50.